The zero-order valence-electron chi connectivity index (χ0n) is 92.3. The maximum absolute atomic E-state index is 13.3. The molecule has 8 unspecified atom stereocenters. The minimum absolute atomic E-state index is 0.00100. The van der Waals surface area contributed by atoms with Gasteiger partial charge in [0.15, 0.2) is 26.5 Å². The standard InChI is InChI=1S/C20H29F3O7S.C19H28O3.C18H13S.C13H18O5.C13H24O2.2C12H16O3.C12H22O2/c1-4-17(2,3)15(24)30-19-8-12-5-13(9-19)7-18(6-12,11-19)16(25)29-14(20(21,22)23)10-31(26,27)28;1-5-18(2,3)17(20)21-15-9-11-16(12-10-15)22-19(4)13-7-6-8-14-19;1-2-8-14(9-3-1)19-17-12-6-4-10-15(17)16-11-5-7-13-18(16)19;1-4-13(2,3)12(15)18-9-7-5-6-8(16-7)10(9)17-11(6)14;1-5-12(3,4)11(14)15-13(6-2)9-7-8-10-13;2*1-4-12(2,3)11(14)15-10-7-5-9(13)6-8-10;1-5-11(2,3)10(13)14-12(4)8-6-7-9-12/h12-14H,4-11H2,1-3H3,(H,26,27,28);9-12H,5-8,13-14H2,1-4H3;1-13H;6-10H,4-5H2,1-3H3;5-10H2,1-4H3;2*5-8,13H,4H2,1-3H3;5-9H2,1-4H3/q;;+1;;;;;/p-1. The molecule has 2 N–H and O–H groups in total. The Hall–Kier alpha value is -10.2. The van der Waals surface area contributed by atoms with Crippen molar-refractivity contribution in [1.82, 2.24) is 0 Å². The predicted octanol–water partition coefficient (Wildman–Crippen LogP) is 27.7. The lowest BCUT2D eigenvalue weighted by Gasteiger charge is -2.60. The average molecular weight is 2120 g/mol. The molecule has 7 aliphatic carbocycles. The van der Waals surface area contributed by atoms with E-state index in [4.69, 9.17) is 57.6 Å². The molecule has 1 aromatic heterocycles. The number of carbonyl (C=O) groups is 9. The highest BCUT2D eigenvalue weighted by Crippen LogP contribution is 2.64. The lowest BCUT2D eigenvalue weighted by Crippen LogP contribution is -2.61. The molecule has 824 valence electrons. The maximum atomic E-state index is 13.3. The molecule has 4 heterocycles. The van der Waals surface area contributed by atoms with Crippen LogP contribution in [0.3, 0.4) is 0 Å². The molecule has 30 heteroatoms. The van der Waals surface area contributed by atoms with Crippen LogP contribution < -0.4 is 18.9 Å². The number of aromatic hydroxyl groups is 2. The van der Waals surface area contributed by atoms with E-state index in [1.165, 1.54) is 94.3 Å². The Balaban J connectivity index is 0.000000192. The highest BCUT2D eigenvalue weighted by molar-refractivity contribution is 7.85. The van der Waals surface area contributed by atoms with Gasteiger partial charge in [0.05, 0.1) is 71.2 Å². The van der Waals surface area contributed by atoms with Crippen LogP contribution in [0.15, 0.2) is 152 Å². The van der Waals surface area contributed by atoms with Gasteiger partial charge < -0.3 is 66.9 Å². The highest BCUT2D eigenvalue weighted by Gasteiger charge is 2.67. The Morgan fingerprint density at radius 3 is 1.23 bits per heavy atom. The van der Waals surface area contributed by atoms with E-state index in [9.17, 15) is 69.3 Å². The SMILES string of the molecule is CCC(C)(C)C(=O)OC1(C)CCCC1.CCC(C)(C)C(=O)OC12CC3CC(C1)CC(C(=O)OC(CS(=O)(=O)[O-])C(F)(F)F)(C3)C2.CCC(C)(C)C(=O)OC1C2CC3C(=O)OC1C3O2.CCC(C)(C)C(=O)Oc1ccc(O)cc1.CCC(C)(C)C(=O)Oc1ccc(O)cc1.CCC(C)(C)C(=O)Oc1ccc(OC2(C)CCCCC2)cc1.CCC1(OC(=O)C(C)(C)CC)CCCC1.c1ccc(-[s+]2c3ccccc3c3ccccc32)cc1. The quantitative estimate of drug-likeness (QED) is 0.0145. The number of phenolic OH excluding ortho intramolecular Hbond substituents is 2. The maximum Gasteiger partial charge on any atom is 0.426 e. The Labute approximate surface area is 883 Å². The molecule has 10 fully saturated rings. The van der Waals surface area contributed by atoms with E-state index < -0.39 is 90.4 Å². The summed E-state index contributed by atoms with van der Waals surface area (Å²) in [5, 5.41) is 20.9. The number of hydrogen-bond acceptors (Lipinski definition) is 25. The molecule has 6 aromatic carbocycles. The van der Waals surface area contributed by atoms with Crippen molar-refractivity contribution in [3.8, 4) is 39.4 Å². The fourth-order valence-electron chi connectivity index (χ4n) is 19.3. The molecule has 3 saturated heterocycles. The monoisotopic (exact) mass is 2120 g/mol. The molecular formula is C119H165F3O25S2. The Morgan fingerprint density at radius 1 is 0.443 bits per heavy atom. The third-order valence-electron chi connectivity index (χ3n) is 32.2. The first kappa shape index (κ1) is 122. The van der Waals surface area contributed by atoms with Crippen LogP contribution in [0.5, 0.6) is 34.5 Å². The van der Waals surface area contributed by atoms with E-state index in [0.29, 0.717) is 62.2 Å². The summed E-state index contributed by atoms with van der Waals surface area (Å²) < 4.78 is 136. The summed E-state index contributed by atoms with van der Waals surface area (Å²) in [5.74, 6) is -2.14. The number of alkyl halides is 3. The van der Waals surface area contributed by atoms with E-state index in [0.717, 1.165) is 89.2 Å². The van der Waals surface area contributed by atoms with Gasteiger partial charge in [0.1, 0.15) is 63.0 Å². The summed E-state index contributed by atoms with van der Waals surface area (Å²) in [4.78, 5) is 110. The van der Waals surface area contributed by atoms with Crippen LogP contribution in [-0.2, 0) is 86.4 Å². The fourth-order valence-corrected chi connectivity index (χ4v) is 22.4. The van der Waals surface area contributed by atoms with E-state index in [1.807, 2.05) is 156 Å². The smallest absolute Gasteiger partial charge is 0.426 e. The van der Waals surface area contributed by atoms with Gasteiger partial charge >= 0.3 is 59.9 Å². The fraction of sp³-hybridized carbons (Fsp3) is 0.622. The number of hydrogen-bond donors (Lipinski definition) is 2. The summed E-state index contributed by atoms with van der Waals surface area (Å²) in [6, 6.07) is 48.0. The van der Waals surface area contributed by atoms with Gasteiger partial charge in [0, 0.05) is 27.7 Å². The molecule has 6 bridgehead atoms. The summed E-state index contributed by atoms with van der Waals surface area (Å²) in [5.41, 5.74) is -5.89. The Morgan fingerprint density at radius 2 is 0.812 bits per heavy atom. The number of halogens is 3. The zero-order valence-corrected chi connectivity index (χ0v) is 93.9. The second-order valence-corrected chi connectivity index (χ2v) is 50.3. The molecule has 0 amide bonds. The van der Waals surface area contributed by atoms with Gasteiger partial charge in [-0.1, -0.05) is 104 Å². The molecule has 7 saturated carbocycles. The summed E-state index contributed by atoms with van der Waals surface area (Å²) >= 11 is 0. The second kappa shape index (κ2) is 50.6. The minimum atomic E-state index is -5.27. The summed E-state index contributed by atoms with van der Waals surface area (Å²) in [6.45, 7) is 46.3. The van der Waals surface area contributed by atoms with Crippen LogP contribution in [0.4, 0.5) is 13.2 Å². The van der Waals surface area contributed by atoms with Crippen LogP contribution >= 0.6 is 10.5 Å². The molecule has 0 spiro atoms. The third kappa shape index (κ3) is 32.7. The average Bonchev–Trinajstić information content (AvgIpc) is 1.71. The topological polar surface area (TPSA) is 353 Å². The number of phenols is 2. The molecule has 149 heavy (non-hydrogen) atoms. The molecule has 7 aromatic rings. The summed E-state index contributed by atoms with van der Waals surface area (Å²) in [7, 11) is -5.21. The number of fused-ring (bicyclic) bond motifs is 4. The number of thiophene rings is 1. The van der Waals surface area contributed by atoms with Crippen molar-refractivity contribution in [3.63, 3.8) is 0 Å². The molecule has 3 aliphatic heterocycles. The number of carbonyl (C=O) groups excluding carboxylic acids is 9. The van der Waals surface area contributed by atoms with Gasteiger partial charge in [-0.3, -0.25) is 43.2 Å². The molecule has 8 atom stereocenters. The lowest BCUT2D eigenvalue weighted by atomic mass is 9.48. The van der Waals surface area contributed by atoms with E-state index in [1.54, 1.807) is 38.1 Å². The largest absolute Gasteiger partial charge is 0.748 e. The lowest BCUT2D eigenvalue weighted by molar-refractivity contribution is -0.239. The normalized spacial score (nSPS) is 22.3. The van der Waals surface area contributed by atoms with Crippen molar-refractivity contribution < 1.29 is 132 Å². The zero-order chi connectivity index (χ0) is 111. The van der Waals surface area contributed by atoms with Crippen molar-refractivity contribution in [2.75, 3.05) is 5.75 Å². The van der Waals surface area contributed by atoms with E-state index in [-0.39, 0.29) is 128 Å². The predicted molar refractivity (Wildman–Crippen MR) is 569 cm³/mol. The van der Waals surface area contributed by atoms with Crippen molar-refractivity contribution in [2.45, 2.75) is 405 Å². The van der Waals surface area contributed by atoms with Gasteiger partial charge in [-0.2, -0.15) is 13.2 Å². The molecule has 10 aliphatic rings. The van der Waals surface area contributed by atoms with Crippen LogP contribution in [0.2, 0.25) is 0 Å². The third-order valence-corrected chi connectivity index (χ3v) is 35.2. The van der Waals surface area contributed by atoms with Gasteiger partial charge in [-0.15, -0.1) is 0 Å². The molecule has 0 radical (unpaired) electrons. The van der Waals surface area contributed by atoms with Crippen LogP contribution in [0, 0.1) is 61.1 Å². The van der Waals surface area contributed by atoms with Gasteiger partial charge in [0.25, 0.3) is 0 Å². The minimum Gasteiger partial charge on any atom is -0.748 e. The first-order valence-corrected chi connectivity index (χ1v) is 56.3. The van der Waals surface area contributed by atoms with Crippen LogP contribution in [0.1, 0.15) is 346 Å². The number of ether oxygens (including phenoxy) is 11. The first-order chi connectivity index (χ1) is 69.5. The number of rotatable bonds is 29. The van der Waals surface area contributed by atoms with E-state index >= 15 is 0 Å². The van der Waals surface area contributed by atoms with Gasteiger partial charge in [-0.25, -0.2) is 8.42 Å². The second-order valence-electron chi connectivity index (χ2n) is 46.9. The summed E-state index contributed by atoms with van der Waals surface area (Å²) in [6.07, 6.45) is 14.8. The van der Waals surface area contributed by atoms with Crippen molar-refractivity contribution in [2.24, 2.45) is 61.1 Å². The highest BCUT2D eigenvalue weighted by atomic mass is 32.2. The van der Waals surface area contributed by atoms with Crippen molar-refractivity contribution in [1.29, 1.82) is 0 Å². The first-order valence-electron chi connectivity index (χ1n) is 53.5. The van der Waals surface area contributed by atoms with Crippen molar-refractivity contribution in [3.05, 3.63) is 152 Å². The van der Waals surface area contributed by atoms with Gasteiger partial charge in [-0.05, 0) is 399 Å². The Bertz CT molecular complexity index is 5620. The number of esters is 9. The van der Waals surface area contributed by atoms with Crippen LogP contribution in [0.25, 0.3) is 25.1 Å². The Kier molecular flexibility index (Phi) is 41.5. The van der Waals surface area contributed by atoms with E-state index in [2.05, 4.69) is 104 Å². The molecular weight excluding hydrogens is 1950 g/mol. The molecule has 17 rings (SSSR count). The molecule has 25 nitrogen and oxygen atoms in total. The van der Waals surface area contributed by atoms with Crippen LogP contribution in [-0.4, -0.2) is 142 Å². The van der Waals surface area contributed by atoms with Gasteiger partial charge in [0.2, 0.25) is 6.10 Å². The number of benzene rings is 6. The van der Waals surface area contributed by atoms with Crippen molar-refractivity contribution >= 4 is 94.5 Å².